The van der Waals surface area contributed by atoms with Crippen LogP contribution < -0.4 is 4.74 Å². The Balaban J connectivity index is 3.20. The lowest BCUT2D eigenvalue weighted by atomic mass is 10.1. The molecule has 0 saturated carbocycles. The van der Waals surface area contributed by atoms with Crippen LogP contribution in [0.2, 0.25) is 0 Å². The van der Waals surface area contributed by atoms with E-state index in [0.717, 1.165) is 0 Å². The van der Waals surface area contributed by atoms with E-state index >= 15 is 0 Å². The first-order valence-electron chi connectivity index (χ1n) is 4.04. The van der Waals surface area contributed by atoms with Gasteiger partial charge in [0.2, 0.25) is 0 Å². The molecule has 0 amide bonds. The van der Waals surface area contributed by atoms with E-state index < -0.39 is 5.82 Å². The van der Waals surface area contributed by atoms with Gasteiger partial charge in [0.05, 0.1) is 19.3 Å². The summed E-state index contributed by atoms with van der Waals surface area (Å²) < 4.78 is 23.1. The molecule has 0 radical (unpaired) electrons. The van der Waals surface area contributed by atoms with Gasteiger partial charge in [-0.15, -0.1) is 0 Å². The van der Waals surface area contributed by atoms with E-state index in [0.29, 0.717) is 11.8 Å². The zero-order valence-electron chi connectivity index (χ0n) is 8.04. The number of carbonyl (C=O) groups is 1. The Hall–Kier alpha value is -1.42. The summed E-state index contributed by atoms with van der Waals surface area (Å²) in [7, 11) is 2.79. The maximum atomic E-state index is 13.5. The van der Waals surface area contributed by atoms with Gasteiger partial charge in [0.15, 0.2) is 17.9 Å². The number of carbonyl (C=O) groups excluding carboxylic acids is 1. The predicted molar refractivity (Wildman–Crippen MR) is 49.1 cm³/mol. The van der Waals surface area contributed by atoms with Crippen LogP contribution in [-0.4, -0.2) is 20.5 Å². The van der Waals surface area contributed by atoms with Crippen molar-refractivity contribution in [3.8, 4) is 5.75 Å². The van der Waals surface area contributed by atoms with E-state index in [9.17, 15) is 9.18 Å². The van der Waals surface area contributed by atoms with E-state index in [1.165, 1.54) is 26.4 Å². The largest absolute Gasteiger partial charge is 0.493 e. The molecule has 1 aromatic rings. The van der Waals surface area contributed by atoms with E-state index in [1.807, 2.05) is 0 Å². The minimum atomic E-state index is -0.543. The van der Waals surface area contributed by atoms with E-state index in [2.05, 4.69) is 0 Å². The average Bonchev–Trinajstić information content (AvgIpc) is 2.21. The van der Waals surface area contributed by atoms with Crippen LogP contribution >= 0.6 is 0 Å². The summed E-state index contributed by atoms with van der Waals surface area (Å²) in [5.74, 6) is -0.575. The van der Waals surface area contributed by atoms with Gasteiger partial charge in [-0.3, -0.25) is 4.79 Å². The summed E-state index contributed by atoms with van der Waals surface area (Å²) in [5.41, 5.74) is 0.569. The number of hydrogen-bond donors (Lipinski definition) is 0. The van der Waals surface area contributed by atoms with Crippen molar-refractivity contribution in [2.75, 3.05) is 14.2 Å². The first-order valence-corrected chi connectivity index (χ1v) is 4.04. The van der Waals surface area contributed by atoms with Crippen LogP contribution in [0.25, 0.3) is 0 Å². The zero-order valence-corrected chi connectivity index (χ0v) is 8.04. The van der Waals surface area contributed by atoms with E-state index in [-0.39, 0.29) is 17.9 Å². The standard InChI is InChI=1S/C10H11FO3/c1-13-6-8-4-3-7(5-12)10(14-2)9(8)11/h3-5H,6H2,1-2H3. The van der Waals surface area contributed by atoms with Crippen LogP contribution in [-0.2, 0) is 11.3 Å². The van der Waals surface area contributed by atoms with Gasteiger partial charge in [-0.1, -0.05) is 6.07 Å². The molecule has 3 nitrogen and oxygen atoms in total. The highest BCUT2D eigenvalue weighted by atomic mass is 19.1. The fourth-order valence-corrected chi connectivity index (χ4v) is 1.18. The van der Waals surface area contributed by atoms with Crippen molar-refractivity contribution >= 4 is 6.29 Å². The Labute approximate surface area is 81.4 Å². The number of rotatable bonds is 4. The van der Waals surface area contributed by atoms with Crippen molar-refractivity contribution in [1.82, 2.24) is 0 Å². The molecule has 0 aliphatic heterocycles. The van der Waals surface area contributed by atoms with Crippen LogP contribution in [0.4, 0.5) is 4.39 Å². The number of methoxy groups -OCH3 is 2. The Morgan fingerprint density at radius 3 is 2.64 bits per heavy atom. The summed E-state index contributed by atoms with van der Waals surface area (Å²) in [6.07, 6.45) is 0.554. The molecule has 0 bridgehead atoms. The van der Waals surface area contributed by atoms with Crippen molar-refractivity contribution in [3.63, 3.8) is 0 Å². The third-order valence-corrected chi connectivity index (χ3v) is 1.84. The molecular formula is C10H11FO3. The van der Waals surface area contributed by atoms with Gasteiger partial charge in [0.1, 0.15) is 0 Å². The van der Waals surface area contributed by atoms with Crippen molar-refractivity contribution in [2.24, 2.45) is 0 Å². The zero-order chi connectivity index (χ0) is 10.6. The fraction of sp³-hybridized carbons (Fsp3) is 0.300. The van der Waals surface area contributed by atoms with Gasteiger partial charge in [-0.25, -0.2) is 4.39 Å². The maximum Gasteiger partial charge on any atom is 0.171 e. The van der Waals surface area contributed by atoms with Crippen molar-refractivity contribution in [3.05, 3.63) is 29.1 Å². The Bertz CT molecular complexity index is 336. The smallest absolute Gasteiger partial charge is 0.171 e. The molecule has 0 aliphatic rings. The lowest BCUT2D eigenvalue weighted by Crippen LogP contribution is -2.00. The van der Waals surface area contributed by atoms with Crippen LogP contribution in [0.15, 0.2) is 12.1 Å². The van der Waals surface area contributed by atoms with Gasteiger partial charge in [0.25, 0.3) is 0 Å². The van der Waals surface area contributed by atoms with Crippen LogP contribution in [0.1, 0.15) is 15.9 Å². The van der Waals surface area contributed by atoms with Gasteiger partial charge < -0.3 is 9.47 Å². The fourth-order valence-electron chi connectivity index (χ4n) is 1.18. The molecule has 0 N–H and O–H groups in total. The van der Waals surface area contributed by atoms with E-state index in [4.69, 9.17) is 9.47 Å². The minimum Gasteiger partial charge on any atom is -0.493 e. The number of halogens is 1. The molecule has 0 spiro atoms. The Morgan fingerprint density at radius 2 is 2.14 bits per heavy atom. The lowest BCUT2D eigenvalue weighted by molar-refractivity contribution is 0.111. The highest BCUT2D eigenvalue weighted by molar-refractivity contribution is 5.79. The molecule has 14 heavy (non-hydrogen) atoms. The molecule has 0 heterocycles. The SMILES string of the molecule is COCc1ccc(C=O)c(OC)c1F. The normalized spacial score (nSPS) is 9.93. The summed E-state index contributed by atoms with van der Waals surface area (Å²) in [4.78, 5) is 10.5. The highest BCUT2D eigenvalue weighted by Gasteiger charge is 2.13. The molecule has 0 saturated heterocycles. The summed E-state index contributed by atoms with van der Waals surface area (Å²) in [5, 5.41) is 0. The summed E-state index contributed by atoms with van der Waals surface area (Å²) in [6, 6.07) is 3.01. The molecule has 76 valence electrons. The number of hydrogen-bond acceptors (Lipinski definition) is 3. The van der Waals surface area contributed by atoms with Crippen molar-refractivity contribution in [2.45, 2.75) is 6.61 Å². The Kier molecular flexibility index (Phi) is 3.59. The third kappa shape index (κ3) is 1.90. The number of benzene rings is 1. The highest BCUT2D eigenvalue weighted by Crippen LogP contribution is 2.24. The first kappa shape index (κ1) is 10.7. The second-order valence-corrected chi connectivity index (χ2v) is 2.71. The predicted octanol–water partition coefficient (Wildman–Crippen LogP) is 1.79. The third-order valence-electron chi connectivity index (χ3n) is 1.84. The number of aldehydes is 1. The average molecular weight is 198 g/mol. The summed E-state index contributed by atoms with van der Waals surface area (Å²) >= 11 is 0. The van der Waals surface area contributed by atoms with Gasteiger partial charge in [-0.2, -0.15) is 0 Å². The molecule has 0 aromatic heterocycles. The number of ether oxygens (including phenoxy) is 2. The molecule has 0 fully saturated rings. The monoisotopic (exact) mass is 198 g/mol. The quantitative estimate of drug-likeness (QED) is 0.692. The van der Waals surface area contributed by atoms with Gasteiger partial charge in [-0.05, 0) is 6.07 Å². The van der Waals surface area contributed by atoms with Crippen LogP contribution in [0.5, 0.6) is 5.75 Å². The van der Waals surface area contributed by atoms with E-state index in [1.54, 1.807) is 0 Å². The Morgan fingerprint density at radius 1 is 1.43 bits per heavy atom. The maximum absolute atomic E-state index is 13.5. The second-order valence-electron chi connectivity index (χ2n) is 2.71. The van der Waals surface area contributed by atoms with Gasteiger partial charge in [0, 0.05) is 12.7 Å². The molecule has 0 atom stereocenters. The molecule has 4 heteroatoms. The molecule has 0 unspecified atom stereocenters. The lowest BCUT2D eigenvalue weighted by Gasteiger charge is -2.08. The second kappa shape index (κ2) is 4.72. The molecule has 1 rings (SSSR count). The van der Waals surface area contributed by atoms with Crippen molar-refractivity contribution in [1.29, 1.82) is 0 Å². The summed E-state index contributed by atoms with van der Waals surface area (Å²) in [6.45, 7) is 0.154. The van der Waals surface area contributed by atoms with Gasteiger partial charge >= 0.3 is 0 Å². The van der Waals surface area contributed by atoms with Crippen LogP contribution in [0, 0.1) is 5.82 Å². The molecule has 0 aliphatic carbocycles. The first-order chi connectivity index (χ1) is 6.74. The molecular weight excluding hydrogens is 187 g/mol. The van der Waals surface area contributed by atoms with Crippen LogP contribution in [0.3, 0.4) is 0 Å². The van der Waals surface area contributed by atoms with Crippen molar-refractivity contribution < 1.29 is 18.7 Å². The molecule has 1 aromatic carbocycles. The minimum absolute atomic E-state index is 0.0328. The topological polar surface area (TPSA) is 35.5 Å².